The highest BCUT2D eigenvalue weighted by Gasteiger charge is 2.34. The van der Waals surface area contributed by atoms with Gasteiger partial charge in [0, 0.05) is 31.4 Å². The molecule has 0 unspecified atom stereocenters. The Kier molecular flexibility index (Phi) is 7.81. The summed E-state index contributed by atoms with van der Waals surface area (Å²) in [5.41, 5.74) is 5.13. The third-order valence-electron chi connectivity index (χ3n) is 6.40. The van der Waals surface area contributed by atoms with Gasteiger partial charge in [0.2, 0.25) is 5.88 Å². The van der Waals surface area contributed by atoms with Crippen LogP contribution in [0, 0.1) is 0 Å². The smallest absolute Gasteiger partial charge is 0.241 e. The Hall–Kier alpha value is -3.30. The molecule has 0 aliphatic carbocycles. The van der Waals surface area contributed by atoms with Gasteiger partial charge in [-0.05, 0) is 25.0 Å². The van der Waals surface area contributed by atoms with Gasteiger partial charge in [-0.1, -0.05) is 60.7 Å². The second-order valence-corrected chi connectivity index (χ2v) is 9.77. The van der Waals surface area contributed by atoms with Crippen LogP contribution in [0.1, 0.15) is 30.5 Å². The molecule has 2 aromatic carbocycles. The number of ether oxygens (including phenoxy) is 4. The summed E-state index contributed by atoms with van der Waals surface area (Å²) in [6.45, 7) is 7.56. The molecule has 0 saturated carbocycles. The summed E-state index contributed by atoms with van der Waals surface area (Å²) in [5.74, 6) is -0.0288. The van der Waals surface area contributed by atoms with Crippen molar-refractivity contribution in [3.63, 3.8) is 0 Å². The molecule has 37 heavy (non-hydrogen) atoms. The molecule has 1 aliphatic heterocycles. The number of aromatic nitrogens is 3. The minimum Gasteiger partial charge on any atom is -0.479 e. The minimum absolute atomic E-state index is 0.00886. The lowest BCUT2D eigenvalue weighted by Gasteiger charge is -2.25. The number of nitrogens with zero attached hydrogens (tertiary/aromatic N) is 4. The molecule has 0 bridgehead atoms. The van der Waals surface area contributed by atoms with Gasteiger partial charge in [-0.15, -0.1) is 0 Å². The van der Waals surface area contributed by atoms with Gasteiger partial charge in [-0.2, -0.15) is 4.98 Å². The average Bonchev–Trinajstić information content (AvgIpc) is 3.44. The predicted molar refractivity (Wildman–Crippen MR) is 141 cm³/mol. The van der Waals surface area contributed by atoms with E-state index in [1.165, 1.54) is 5.56 Å². The van der Waals surface area contributed by atoms with Gasteiger partial charge in [-0.25, -0.2) is 4.98 Å². The van der Waals surface area contributed by atoms with Gasteiger partial charge in [0.05, 0.1) is 26.4 Å². The molecular formula is C29H34N4O4. The van der Waals surface area contributed by atoms with Crippen LogP contribution < -0.4 is 4.74 Å². The van der Waals surface area contributed by atoms with Crippen LogP contribution in [0.25, 0.3) is 11.0 Å². The lowest BCUT2D eigenvalue weighted by molar-refractivity contribution is -0.140. The summed E-state index contributed by atoms with van der Waals surface area (Å²) >= 11 is 0. The van der Waals surface area contributed by atoms with E-state index in [1.807, 2.05) is 42.7 Å². The van der Waals surface area contributed by atoms with Gasteiger partial charge in [-0.3, -0.25) is 4.90 Å². The normalized spacial score (nSPS) is 17.0. The second-order valence-electron chi connectivity index (χ2n) is 9.77. The predicted octanol–water partition coefficient (Wildman–Crippen LogP) is 4.77. The molecule has 1 aliphatic rings. The maximum Gasteiger partial charge on any atom is 0.241 e. The van der Waals surface area contributed by atoms with Crippen molar-refractivity contribution in [2.75, 3.05) is 20.3 Å². The Morgan fingerprint density at radius 2 is 1.73 bits per heavy atom. The average molecular weight is 503 g/mol. The molecule has 1 saturated heterocycles. The third kappa shape index (κ3) is 6.34. The van der Waals surface area contributed by atoms with Gasteiger partial charge in [0.15, 0.2) is 5.79 Å². The molecular weight excluding hydrogens is 468 g/mol. The van der Waals surface area contributed by atoms with Crippen LogP contribution in [0.5, 0.6) is 5.88 Å². The fourth-order valence-corrected chi connectivity index (χ4v) is 4.78. The van der Waals surface area contributed by atoms with Crippen LogP contribution in [0.3, 0.4) is 0 Å². The fraction of sp³-hybridized carbons (Fsp3) is 0.379. The van der Waals surface area contributed by atoms with Crippen molar-refractivity contribution in [2.45, 2.75) is 52.2 Å². The molecule has 0 radical (unpaired) electrons. The zero-order valence-electron chi connectivity index (χ0n) is 21.7. The second kappa shape index (κ2) is 11.4. The first-order chi connectivity index (χ1) is 18.0. The highest BCUT2D eigenvalue weighted by molar-refractivity contribution is 5.83. The van der Waals surface area contributed by atoms with Crippen molar-refractivity contribution in [2.24, 2.45) is 0 Å². The highest BCUT2D eigenvalue weighted by atomic mass is 16.7. The van der Waals surface area contributed by atoms with E-state index in [2.05, 4.69) is 57.5 Å². The van der Waals surface area contributed by atoms with Crippen LogP contribution in [0.2, 0.25) is 0 Å². The Morgan fingerprint density at radius 3 is 2.41 bits per heavy atom. The summed E-state index contributed by atoms with van der Waals surface area (Å²) in [6.07, 6.45) is 3.64. The number of hydrogen-bond donors (Lipinski definition) is 0. The number of methoxy groups -OCH3 is 1. The van der Waals surface area contributed by atoms with Crippen LogP contribution in [-0.2, 0) is 40.6 Å². The SMILES string of the molecule is COc1ncnc2c(CN(Cc3ccccc3)C[C@@H]3COC(C)(C)O3)cn(COCc3ccccc3)c12. The molecule has 3 heterocycles. The molecule has 1 atom stereocenters. The summed E-state index contributed by atoms with van der Waals surface area (Å²) < 4.78 is 25.7. The molecule has 0 amide bonds. The van der Waals surface area contributed by atoms with Crippen LogP contribution in [-0.4, -0.2) is 51.6 Å². The Morgan fingerprint density at radius 1 is 1.00 bits per heavy atom. The molecule has 194 valence electrons. The van der Waals surface area contributed by atoms with Crippen molar-refractivity contribution in [1.82, 2.24) is 19.4 Å². The first-order valence-electron chi connectivity index (χ1n) is 12.6. The van der Waals surface area contributed by atoms with Crippen molar-refractivity contribution in [1.29, 1.82) is 0 Å². The zero-order valence-corrected chi connectivity index (χ0v) is 21.7. The first kappa shape index (κ1) is 25.4. The Labute approximate surface area is 217 Å². The van der Waals surface area contributed by atoms with E-state index >= 15 is 0 Å². The summed E-state index contributed by atoms with van der Waals surface area (Å²) in [6, 6.07) is 20.6. The van der Waals surface area contributed by atoms with Gasteiger partial charge in [0.1, 0.15) is 24.1 Å². The maximum atomic E-state index is 6.14. The standard InChI is InChI=1S/C29H34N4O4/c1-29(2)36-19-25(37-29)17-32(14-22-10-6-4-7-11-22)15-24-16-33(21-35-18-23-12-8-5-9-13-23)27-26(24)30-20-31-28(27)34-3/h4-13,16,20,25H,14-15,17-19,21H2,1-3H3/t25-/m1/s1. The van der Waals surface area contributed by atoms with Crippen molar-refractivity contribution >= 4 is 11.0 Å². The lowest BCUT2D eigenvalue weighted by atomic mass is 10.1. The van der Waals surface area contributed by atoms with Gasteiger partial charge in [0.25, 0.3) is 0 Å². The molecule has 2 aromatic heterocycles. The first-order valence-corrected chi connectivity index (χ1v) is 12.6. The summed E-state index contributed by atoms with van der Waals surface area (Å²) in [7, 11) is 1.63. The monoisotopic (exact) mass is 502 g/mol. The molecule has 1 fully saturated rings. The highest BCUT2D eigenvalue weighted by Crippen LogP contribution is 2.29. The molecule has 4 aromatic rings. The minimum atomic E-state index is -0.560. The number of fused-ring (bicyclic) bond motifs is 1. The van der Waals surface area contributed by atoms with E-state index < -0.39 is 5.79 Å². The molecule has 5 rings (SSSR count). The van der Waals surface area contributed by atoms with Gasteiger partial charge < -0.3 is 23.5 Å². The Bertz CT molecular complexity index is 1290. The van der Waals surface area contributed by atoms with E-state index in [4.69, 9.17) is 18.9 Å². The van der Waals surface area contributed by atoms with E-state index in [1.54, 1.807) is 13.4 Å². The fourth-order valence-electron chi connectivity index (χ4n) is 4.78. The van der Waals surface area contributed by atoms with Gasteiger partial charge >= 0.3 is 0 Å². The van der Waals surface area contributed by atoms with Crippen LogP contribution in [0.15, 0.2) is 73.2 Å². The number of benzene rings is 2. The zero-order chi connectivity index (χ0) is 25.7. The molecule has 0 spiro atoms. The maximum absolute atomic E-state index is 6.14. The number of rotatable bonds is 11. The molecule has 0 N–H and O–H groups in total. The molecule has 8 heteroatoms. The van der Waals surface area contributed by atoms with Crippen molar-refractivity contribution < 1.29 is 18.9 Å². The largest absolute Gasteiger partial charge is 0.479 e. The summed E-state index contributed by atoms with van der Waals surface area (Å²) in [5, 5.41) is 0. The lowest BCUT2D eigenvalue weighted by Crippen LogP contribution is -2.34. The van der Waals surface area contributed by atoms with Crippen LogP contribution in [0.4, 0.5) is 0 Å². The van der Waals surface area contributed by atoms with Crippen LogP contribution >= 0.6 is 0 Å². The van der Waals surface area contributed by atoms with E-state index in [0.717, 1.165) is 35.2 Å². The van der Waals surface area contributed by atoms with Crippen molar-refractivity contribution in [3.8, 4) is 5.88 Å². The van der Waals surface area contributed by atoms with E-state index in [-0.39, 0.29) is 6.10 Å². The topological polar surface area (TPSA) is 70.9 Å². The summed E-state index contributed by atoms with van der Waals surface area (Å²) in [4.78, 5) is 11.4. The van der Waals surface area contributed by atoms with Crippen molar-refractivity contribution in [3.05, 3.63) is 89.9 Å². The number of hydrogen-bond acceptors (Lipinski definition) is 7. The van der Waals surface area contributed by atoms with E-state index in [9.17, 15) is 0 Å². The Balaban J connectivity index is 1.40. The third-order valence-corrected chi connectivity index (χ3v) is 6.40. The van der Waals surface area contributed by atoms with E-state index in [0.29, 0.717) is 32.4 Å². The quantitative estimate of drug-likeness (QED) is 0.293. The molecule has 8 nitrogen and oxygen atoms in total.